The Labute approximate surface area is 356 Å². The third-order valence-electron chi connectivity index (χ3n) is 12.9. The number of para-hydroxylation sites is 1. The average Bonchev–Trinajstić information content (AvgIpc) is 3.75. The van der Waals surface area contributed by atoms with Crippen LogP contribution in [0, 0.1) is 0 Å². The number of aromatic nitrogens is 1. The molecule has 0 amide bonds. The van der Waals surface area contributed by atoms with Crippen molar-refractivity contribution in [3.63, 3.8) is 0 Å². The monoisotopic (exact) mass is 788 g/mol. The van der Waals surface area contributed by atoms with Crippen LogP contribution in [0.25, 0.3) is 71.6 Å². The van der Waals surface area contributed by atoms with E-state index in [0.29, 0.717) is 5.92 Å². The second kappa shape index (κ2) is 14.5. The number of nitrogens with zero attached hydrogens (tertiary/aromatic N) is 2. The summed E-state index contributed by atoms with van der Waals surface area (Å²) in [5.41, 5.74) is 17.7. The first-order valence-corrected chi connectivity index (χ1v) is 21.9. The zero-order valence-electron chi connectivity index (χ0n) is 33.9. The van der Waals surface area contributed by atoms with Crippen molar-refractivity contribution in [2.75, 3.05) is 5.75 Å². The molecule has 0 bridgehead atoms. The highest BCUT2D eigenvalue weighted by molar-refractivity contribution is 7.99. The van der Waals surface area contributed by atoms with Crippen LogP contribution in [0.4, 0.5) is 5.69 Å². The van der Waals surface area contributed by atoms with E-state index >= 15 is 0 Å². The third kappa shape index (κ3) is 6.15. The first-order valence-electron chi connectivity index (χ1n) is 20.9. The summed E-state index contributed by atoms with van der Waals surface area (Å²) >= 11 is 1.82. The van der Waals surface area contributed by atoms with Crippen LogP contribution in [0.5, 0.6) is 0 Å². The van der Waals surface area contributed by atoms with Gasteiger partial charge in [-0.15, -0.1) is 11.8 Å². The fraction of sp³-hybridized carbons (Fsp3) is 0.105. The number of fused-ring (bicyclic) bond motifs is 7. The first kappa shape index (κ1) is 36.4. The molecule has 1 atom stereocenters. The molecule has 60 heavy (non-hydrogen) atoms. The predicted octanol–water partition coefficient (Wildman–Crippen LogP) is 15.7. The number of benzene rings is 8. The number of aliphatic imine (C=N–C) groups is 1. The Morgan fingerprint density at radius 1 is 0.617 bits per heavy atom. The van der Waals surface area contributed by atoms with Crippen LogP contribution >= 0.6 is 11.8 Å². The number of allylic oxidation sites excluding steroid dienone is 3. The molecule has 8 aromatic carbocycles. The molecule has 2 aliphatic carbocycles. The summed E-state index contributed by atoms with van der Waals surface area (Å²) in [6.07, 6.45) is 8.10. The van der Waals surface area contributed by atoms with E-state index in [-0.39, 0.29) is 5.41 Å². The lowest BCUT2D eigenvalue weighted by atomic mass is 9.82. The molecule has 0 N–H and O–H groups in total. The van der Waals surface area contributed by atoms with Gasteiger partial charge in [-0.25, -0.2) is 0 Å². The number of hydrogen-bond acceptors (Lipinski definition) is 2. The van der Waals surface area contributed by atoms with Gasteiger partial charge in [0.2, 0.25) is 0 Å². The molecule has 2 aliphatic rings. The van der Waals surface area contributed by atoms with E-state index in [0.717, 1.165) is 17.9 Å². The fourth-order valence-electron chi connectivity index (χ4n) is 9.71. The molecular weight excluding hydrogens is 745 g/mol. The topological polar surface area (TPSA) is 17.3 Å². The second-order valence-electron chi connectivity index (χ2n) is 16.8. The lowest BCUT2D eigenvalue weighted by Crippen LogP contribution is -2.14. The van der Waals surface area contributed by atoms with E-state index < -0.39 is 0 Å². The molecule has 0 fully saturated rings. The van der Waals surface area contributed by atoms with Gasteiger partial charge >= 0.3 is 0 Å². The predicted molar refractivity (Wildman–Crippen MR) is 258 cm³/mol. The average molecular weight is 789 g/mol. The lowest BCUT2D eigenvalue weighted by Gasteiger charge is -2.21. The summed E-state index contributed by atoms with van der Waals surface area (Å²) in [5.74, 6) is 1.22. The van der Waals surface area contributed by atoms with Crippen LogP contribution in [0.1, 0.15) is 42.9 Å². The van der Waals surface area contributed by atoms with Gasteiger partial charge in [0, 0.05) is 38.4 Å². The Bertz CT molecular complexity index is 3250. The van der Waals surface area contributed by atoms with E-state index in [1.807, 2.05) is 23.9 Å². The Morgan fingerprint density at radius 2 is 1.37 bits per heavy atom. The summed E-state index contributed by atoms with van der Waals surface area (Å²) in [6, 6.07) is 62.9. The van der Waals surface area contributed by atoms with Crippen LogP contribution in [-0.4, -0.2) is 17.0 Å². The van der Waals surface area contributed by atoms with Gasteiger partial charge < -0.3 is 4.57 Å². The van der Waals surface area contributed by atoms with Crippen LogP contribution in [0.3, 0.4) is 0 Å². The maximum Gasteiger partial charge on any atom is 0.0758 e. The van der Waals surface area contributed by atoms with Gasteiger partial charge in [0.1, 0.15) is 0 Å². The minimum atomic E-state index is -0.00117. The molecule has 0 saturated carbocycles. The zero-order valence-corrected chi connectivity index (χ0v) is 34.7. The number of thioether (sulfide) groups is 1. The summed E-state index contributed by atoms with van der Waals surface area (Å²) in [7, 11) is 0. The smallest absolute Gasteiger partial charge is 0.0758 e. The van der Waals surface area contributed by atoms with Crippen molar-refractivity contribution in [1.29, 1.82) is 0 Å². The molecular formula is C57H44N2S. The van der Waals surface area contributed by atoms with Crippen molar-refractivity contribution in [3.8, 4) is 39.1 Å². The van der Waals surface area contributed by atoms with Gasteiger partial charge in [-0.05, 0) is 134 Å². The highest BCUT2D eigenvalue weighted by Crippen LogP contribution is 2.49. The van der Waals surface area contributed by atoms with E-state index in [1.54, 1.807) is 0 Å². The van der Waals surface area contributed by atoms with Gasteiger partial charge in [-0.1, -0.05) is 147 Å². The zero-order chi connectivity index (χ0) is 40.4. The third-order valence-corrected chi connectivity index (χ3v) is 14.1. The van der Waals surface area contributed by atoms with Gasteiger partial charge in [0.15, 0.2) is 0 Å². The number of rotatable bonds is 8. The molecule has 2 nitrogen and oxygen atoms in total. The van der Waals surface area contributed by atoms with E-state index in [2.05, 4.69) is 206 Å². The molecule has 3 heteroatoms. The fourth-order valence-corrected chi connectivity index (χ4v) is 10.7. The highest BCUT2D eigenvalue weighted by Gasteiger charge is 2.35. The summed E-state index contributed by atoms with van der Waals surface area (Å²) in [6.45, 7) is 8.45. The quantitative estimate of drug-likeness (QED) is 0.111. The number of hydrogen-bond donors (Lipinski definition) is 0. The maximum absolute atomic E-state index is 4.21. The lowest BCUT2D eigenvalue weighted by molar-refractivity contribution is 0.660. The SMILES string of the molecule is C=Nc1ccccc1SCC1=CCC(c2ccc3c4cc(-c5cccc(-c6ccc7c(c6)-c6ccccc6C7(C)C)c5)ccc4n(-c4ccc5ccccc5c4)c3c2)C=C1. The van der Waals surface area contributed by atoms with Crippen LogP contribution in [-0.2, 0) is 5.41 Å². The molecule has 1 heterocycles. The first-order chi connectivity index (χ1) is 29.4. The molecule has 0 aliphatic heterocycles. The molecule has 1 aromatic heterocycles. The van der Waals surface area contributed by atoms with Gasteiger partial charge in [-0.3, -0.25) is 4.99 Å². The Hall–Kier alpha value is -6.68. The molecule has 11 rings (SSSR count). The van der Waals surface area contributed by atoms with E-state index in [9.17, 15) is 0 Å². The molecule has 0 saturated heterocycles. The molecule has 0 radical (unpaired) electrons. The Kier molecular flexibility index (Phi) is 8.83. The Morgan fingerprint density at radius 3 is 2.22 bits per heavy atom. The normalized spacial score (nSPS) is 15.3. The van der Waals surface area contributed by atoms with Crippen molar-refractivity contribution in [3.05, 3.63) is 210 Å². The van der Waals surface area contributed by atoms with Crippen LogP contribution in [0.2, 0.25) is 0 Å². The summed E-state index contributed by atoms with van der Waals surface area (Å²) in [5, 5.41) is 5.02. The van der Waals surface area contributed by atoms with Gasteiger partial charge in [0.25, 0.3) is 0 Å². The van der Waals surface area contributed by atoms with Crippen molar-refractivity contribution in [1.82, 2.24) is 4.57 Å². The molecule has 288 valence electrons. The molecule has 9 aromatic rings. The van der Waals surface area contributed by atoms with Gasteiger partial charge in [0.05, 0.1) is 16.7 Å². The second-order valence-corrected chi connectivity index (χ2v) is 17.8. The summed E-state index contributed by atoms with van der Waals surface area (Å²) < 4.78 is 2.47. The summed E-state index contributed by atoms with van der Waals surface area (Å²) in [4.78, 5) is 5.38. The minimum absolute atomic E-state index is 0.00117. The molecule has 1 unspecified atom stereocenters. The maximum atomic E-state index is 4.21. The van der Waals surface area contributed by atoms with E-state index in [4.69, 9.17) is 0 Å². The van der Waals surface area contributed by atoms with Crippen LogP contribution in [0.15, 0.2) is 204 Å². The van der Waals surface area contributed by atoms with Crippen molar-refractivity contribution in [2.45, 2.75) is 36.5 Å². The van der Waals surface area contributed by atoms with Crippen LogP contribution < -0.4 is 0 Å². The van der Waals surface area contributed by atoms with Crippen molar-refractivity contribution in [2.24, 2.45) is 4.99 Å². The standard InChI is InChI=1S/C57H44N2S/c1-57(2)51-16-7-6-15-47(51)49-33-43(25-29-52(49)57)40-13-10-14-41(31-40)44-26-30-54-50(34-44)48-28-24-45(35-55(48)59(54)46-27-23-38-11-4-5-12-42(38)32-46)39-21-19-37(20-22-39)36-60-56-18-9-8-17-53(56)58-3/h4-21,23-35,39H,3,22,36H2,1-2H3. The van der Waals surface area contributed by atoms with Gasteiger partial charge in [-0.2, -0.15) is 0 Å². The highest BCUT2D eigenvalue weighted by atomic mass is 32.2. The van der Waals surface area contributed by atoms with Crippen molar-refractivity contribution >= 4 is 56.7 Å². The van der Waals surface area contributed by atoms with Crippen molar-refractivity contribution < 1.29 is 0 Å². The molecule has 0 spiro atoms. The van der Waals surface area contributed by atoms with E-state index in [1.165, 1.54) is 98.8 Å². The minimum Gasteiger partial charge on any atom is -0.309 e. The Balaban J connectivity index is 0.963. The largest absolute Gasteiger partial charge is 0.309 e.